The first-order valence-electron chi connectivity index (χ1n) is 4.63. The summed E-state index contributed by atoms with van der Waals surface area (Å²) in [5.74, 6) is 0.417. The van der Waals surface area contributed by atoms with Crippen molar-refractivity contribution in [1.82, 2.24) is 5.32 Å². The van der Waals surface area contributed by atoms with Crippen molar-refractivity contribution in [3.05, 3.63) is 29.3 Å². The number of fused-ring (bicyclic) bond motifs is 1. The Kier molecular flexibility index (Phi) is 1.81. The van der Waals surface area contributed by atoms with E-state index in [9.17, 15) is 5.11 Å². The molecule has 1 aliphatic heterocycles. The lowest BCUT2D eigenvalue weighted by Crippen LogP contribution is -2.44. The average molecular weight is 177 g/mol. The average Bonchev–Trinajstić information content (AvgIpc) is 2.02. The number of rotatable bonds is 0. The van der Waals surface area contributed by atoms with Crippen molar-refractivity contribution in [2.75, 3.05) is 0 Å². The summed E-state index contributed by atoms with van der Waals surface area (Å²) in [6.07, 6.45) is 0.983. The molecule has 1 aromatic rings. The van der Waals surface area contributed by atoms with Crippen LogP contribution < -0.4 is 5.32 Å². The summed E-state index contributed by atoms with van der Waals surface area (Å²) in [5.41, 5.74) is 2.48. The van der Waals surface area contributed by atoms with Crippen LogP contribution in [0.15, 0.2) is 18.2 Å². The molecule has 0 aliphatic carbocycles. The summed E-state index contributed by atoms with van der Waals surface area (Å²) < 4.78 is 0. The minimum Gasteiger partial charge on any atom is -0.508 e. The quantitative estimate of drug-likeness (QED) is 0.633. The Morgan fingerprint density at radius 1 is 1.38 bits per heavy atom. The molecule has 2 rings (SSSR count). The largest absolute Gasteiger partial charge is 0.508 e. The molecule has 70 valence electrons. The number of benzene rings is 1. The predicted octanol–water partition coefficient (Wildman–Crippen LogP) is 1.82. The molecule has 1 aliphatic rings. The van der Waals surface area contributed by atoms with Crippen molar-refractivity contribution in [3.63, 3.8) is 0 Å². The van der Waals surface area contributed by atoms with E-state index >= 15 is 0 Å². The van der Waals surface area contributed by atoms with Crippen molar-refractivity contribution in [1.29, 1.82) is 0 Å². The molecular formula is C11H15NO. The number of hydrogen-bond donors (Lipinski definition) is 2. The van der Waals surface area contributed by atoms with Gasteiger partial charge < -0.3 is 10.4 Å². The third kappa shape index (κ3) is 1.54. The summed E-state index contributed by atoms with van der Waals surface area (Å²) in [4.78, 5) is 0. The summed E-state index contributed by atoms with van der Waals surface area (Å²) in [7, 11) is 0. The zero-order chi connectivity index (χ0) is 9.47. The van der Waals surface area contributed by atoms with Crippen LogP contribution in [0.3, 0.4) is 0 Å². The molecule has 2 N–H and O–H groups in total. The zero-order valence-electron chi connectivity index (χ0n) is 8.09. The molecule has 1 aromatic carbocycles. The maximum Gasteiger partial charge on any atom is 0.120 e. The van der Waals surface area contributed by atoms with E-state index in [1.807, 2.05) is 6.07 Å². The van der Waals surface area contributed by atoms with Crippen molar-refractivity contribution >= 4 is 0 Å². The first kappa shape index (κ1) is 8.57. The highest BCUT2D eigenvalue weighted by Gasteiger charge is 2.25. The molecule has 0 saturated carbocycles. The van der Waals surface area contributed by atoms with Gasteiger partial charge in [-0.1, -0.05) is 12.1 Å². The molecule has 0 amide bonds. The SMILES string of the molecule is CC1(C)Cc2cccc(O)c2CN1. The van der Waals surface area contributed by atoms with E-state index in [-0.39, 0.29) is 5.54 Å². The Hall–Kier alpha value is -1.02. The van der Waals surface area contributed by atoms with Crippen LogP contribution in [0.2, 0.25) is 0 Å². The van der Waals surface area contributed by atoms with Gasteiger partial charge in [-0.15, -0.1) is 0 Å². The first-order chi connectivity index (χ1) is 6.08. The number of phenolic OH excluding ortho intramolecular Hbond substituents is 1. The fraction of sp³-hybridized carbons (Fsp3) is 0.455. The summed E-state index contributed by atoms with van der Waals surface area (Å²) in [6, 6.07) is 5.76. The molecule has 0 saturated heterocycles. The minimum atomic E-state index is 0.154. The lowest BCUT2D eigenvalue weighted by Gasteiger charge is -2.33. The summed E-state index contributed by atoms with van der Waals surface area (Å²) in [5, 5.41) is 13.0. The zero-order valence-corrected chi connectivity index (χ0v) is 8.09. The topological polar surface area (TPSA) is 32.3 Å². The van der Waals surface area contributed by atoms with Gasteiger partial charge >= 0.3 is 0 Å². The van der Waals surface area contributed by atoms with Gasteiger partial charge in [0, 0.05) is 17.6 Å². The van der Waals surface area contributed by atoms with Crippen LogP contribution in [0.5, 0.6) is 5.75 Å². The van der Waals surface area contributed by atoms with Crippen LogP contribution in [0.1, 0.15) is 25.0 Å². The van der Waals surface area contributed by atoms with Crippen LogP contribution in [-0.2, 0) is 13.0 Å². The lowest BCUT2D eigenvalue weighted by molar-refractivity contribution is 0.353. The van der Waals surface area contributed by atoms with E-state index in [4.69, 9.17) is 0 Å². The van der Waals surface area contributed by atoms with Gasteiger partial charge in [0.25, 0.3) is 0 Å². The summed E-state index contributed by atoms with van der Waals surface area (Å²) >= 11 is 0. The van der Waals surface area contributed by atoms with Gasteiger partial charge in [0.05, 0.1) is 0 Å². The Labute approximate surface area is 78.6 Å². The van der Waals surface area contributed by atoms with Crippen LogP contribution in [-0.4, -0.2) is 10.6 Å². The minimum absolute atomic E-state index is 0.154. The molecule has 13 heavy (non-hydrogen) atoms. The highest BCUT2D eigenvalue weighted by atomic mass is 16.3. The van der Waals surface area contributed by atoms with Crippen LogP contribution in [0, 0.1) is 0 Å². The second-order valence-corrected chi connectivity index (χ2v) is 4.33. The van der Waals surface area contributed by atoms with Crippen LogP contribution in [0.25, 0.3) is 0 Å². The standard InChI is InChI=1S/C11H15NO/c1-11(2)6-8-4-3-5-10(13)9(8)7-12-11/h3-5,12-13H,6-7H2,1-2H3. The Bertz CT molecular complexity index is 331. The van der Waals surface area contributed by atoms with Gasteiger partial charge in [0.1, 0.15) is 5.75 Å². The molecule has 1 heterocycles. The number of phenols is 1. The van der Waals surface area contributed by atoms with E-state index in [0.717, 1.165) is 18.5 Å². The van der Waals surface area contributed by atoms with Gasteiger partial charge in [0.15, 0.2) is 0 Å². The van der Waals surface area contributed by atoms with E-state index in [2.05, 4.69) is 25.2 Å². The van der Waals surface area contributed by atoms with Crippen LogP contribution >= 0.6 is 0 Å². The fourth-order valence-electron chi connectivity index (χ4n) is 1.86. The third-order valence-corrected chi connectivity index (χ3v) is 2.62. The second-order valence-electron chi connectivity index (χ2n) is 4.33. The van der Waals surface area contributed by atoms with Gasteiger partial charge in [0.2, 0.25) is 0 Å². The molecule has 0 unspecified atom stereocenters. The highest BCUT2D eigenvalue weighted by Crippen LogP contribution is 2.28. The van der Waals surface area contributed by atoms with Gasteiger partial charge in [-0.25, -0.2) is 0 Å². The molecule has 2 heteroatoms. The van der Waals surface area contributed by atoms with Crippen LogP contribution in [0.4, 0.5) is 0 Å². The predicted molar refractivity (Wildman–Crippen MR) is 52.7 cm³/mol. The molecule has 2 nitrogen and oxygen atoms in total. The van der Waals surface area contributed by atoms with Gasteiger partial charge in [-0.2, -0.15) is 0 Å². The van der Waals surface area contributed by atoms with Crippen molar-refractivity contribution in [2.45, 2.75) is 32.4 Å². The molecular weight excluding hydrogens is 162 g/mol. The number of nitrogens with one attached hydrogen (secondary N) is 1. The Morgan fingerprint density at radius 2 is 2.15 bits per heavy atom. The Balaban J connectivity index is 2.42. The van der Waals surface area contributed by atoms with E-state index < -0.39 is 0 Å². The van der Waals surface area contributed by atoms with E-state index in [1.165, 1.54) is 5.56 Å². The molecule has 0 radical (unpaired) electrons. The van der Waals surface area contributed by atoms with Crippen molar-refractivity contribution in [3.8, 4) is 5.75 Å². The van der Waals surface area contributed by atoms with E-state index in [0.29, 0.717) is 5.75 Å². The van der Waals surface area contributed by atoms with E-state index in [1.54, 1.807) is 6.07 Å². The molecule has 0 spiro atoms. The molecule has 0 bridgehead atoms. The maximum atomic E-state index is 9.59. The second kappa shape index (κ2) is 2.74. The first-order valence-corrected chi connectivity index (χ1v) is 4.63. The lowest BCUT2D eigenvalue weighted by atomic mass is 9.87. The molecule has 0 fully saturated rings. The smallest absolute Gasteiger partial charge is 0.120 e. The van der Waals surface area contributed by atoms with Crippen molar-refractivity contribution < 1.29 is 5.11 Å². The van der Waals surface area contributed by atoms with Gasteiger partial charge in [-0.3, -0.25) is 0 Å². The molecule has 0 aromatic heterocycles. The maximum absolute atomic E-state index is 9.59. The summed E-state index contributed by atoms with van der Waals surface area (Å²) in [6.45, 7) is 5.13. The normalized spacial score (nSPS) is 19.5. The monoisotopic (exact) mass is 177 g/mol. The number of aromatic hydroxyl groups is 1. The highest BCUT2D eigenvalue weighted by molar-refractivity contribution is 5.41. The number of hydrogen-bond acceptors (Lipinski definition) is 2. The fourth-order valence-corrected chi connectivity index (χ4v) is 1.86. The van der Waals surface area contributed by atoms with Gasteiger partial charge in [-0.05, 0) is 31.9 Å². The third-order valence-electron chi connectivity index (χ3n) is 2.62. The van der Waals surface area contributed by atoms with Crippen molar-refractivity contribution in [2.24, 2.45) is 0 Å². The molecule has 0 atom stereocenters. The Morgan fingerprint density at radius 3 is 2.92 bits per heavy atom.